The van der Waals surface area contributed by atoms with E-state index in [0.717, 1.165) is 11.3 Å². The van der Waals surface area contributed by atoms with Crippen LogP contribution in [0.5, 0.6) is 0 Å². The fourth-order valence-corrected chi connectivity index (χ4v) is 2.68. The van der Waals surface area contributed by atoms with E-state index in [1.165, 1.54) is 11.0 Å². The van der Waals surface area contributed by atoms with Crippen molar-refractivity contribution in [2.24, 2.45) is 0 Å². The Morgan fingerprint density at radius 2 is 1.69 bits per heavy atom. The van der Waals surface area contributed by atoms with E-state index < -0.39 is 6.04 Å². The Bertz CT molecular complexity index is 979. The molecule has 6 heteroatoms. The molecular formula is C20H16N4O2. The molecule has 0 aliphatic heterocycles. The molecule has 0 radical (unpaired) electrons. The predicted molar refractivity (Wildman–Crippen MR) is 95.8 cm³/mol. The number of benzene rings is 2. The van der Waals surface area contributed by atoms with Gasteiger partial charge < -0.3 is 9.73 Å². The van der Waals surface area contributed by atoms with Crippen LogP contribution in [0.4, 0.5) is 0 Å². The number of carbonyl (C=O) groups excluding carboxylic acids is 1. The lowest BCUT2D eigenvalue weighted by atomic mass is 10.0. The number of nitrogens with one attached hydrogen (secondary N) is 1. The van der Waals surface area contributed by atoms with E-state index in [1.54, 1.807) is 12.3 Å². The Kier molecular flexibility index (Phi) is 4.30. The molecule has 0 fully saturated rings. The van der Waals surface area contributed by atoms with Gasteiger partial charge in [-0.15, -0.1) is 5.10 Å². The molecule has 2 aromatic carbocycles. The van der Waals surface area contributed by atoms with Crippen LogP contribution in [0.2, 0.25) is 0 Å². The minimum absolute atomic E-state index is 0.237. The normalized spacial score (nSPS) is 11.8. The van der Waals surface area contributed by atoms with Gasteiger partial charge in [-0.3, -0.25) is 4.79 Å². The SMILES string of the molecule is O=C(NC(c1ccccc1)c1ccco1)c1cnn(-c2ccccc2)n1. The van der Waals surface area contributed by atoms with E-state index in [-0.39, 0.29) is 11.6 Å². The molecule has 1 amide bonds. The van der Waals surface area contributed by atoms with E-state index in [1.807, 2.05) is 66.7 Å². The number of hydrogen-bond donors (Lipinski definition) is 1. The molecule has 6 nitrogen and oxygen atoms in total. The molecule has 0 saturated carbocycles. The van der Waals surface area contributed by atoms with Crippen LogP contribution in [-0.4, -0.2) is 20.9 Å². The van der Waals surface area contributed by atoms with Gasteiger partial charge in [-0.05, 0) is 29.8 Å². The summed E-state index contributed by atoms with van der Waals surface area (Å²) in [4.78, 5) is 14.1. The van der Waals surface area contributed by atoms with Crippen LogP contribution in [0.15, 0.2) is 89.7 Å². The van der Waals surface area contributed by atoms with Crippen LogP contribution in [0.3, 0.4) is 0 Å². The second kappa shape index (κ2) is 7.06. The van der Waals surface area contributed by atoms with Gasteiger partial charge in [-0.25, -0.2) is 0 Å². The Hall–Kier alpha value is -3.67. The van der Waals surface area contributed by atoms with E-state index in [0.29, 0.717) is 5.76 Å². The molecule has 0 bridgehead atoms. The number of carbonyl (C=O) groups is 1. The summed E-state index contributed by atoms with van der Waals surface area (Å²) in [5.74, 6) is 0.331. The molecule has 1 atom stereocenters. The van der Waals surface area contributed by atoms with E-state index >= 15 is 0 Å². The van der Waals surface area contributed by atoms with Crippen molar-refractivity contribution in [2.75, 3.05) is 0 Å². The quantitative estimate of drug-likeness (QED) is 0.602. The van der Waals surface area contributed by atoms with Crippen LogP contribution in [0.25, 0.3) is 5.69 Å². The predicted octanol–water partition coefficient (Wildman–Crippen LogP) is 3.38. The molecule has 0 aliphatic carbocycles. The Balaban J connectivity index is 1.59. The minimum atomic E-state index is -0.402. The van der Waals surface area contributed by atoms with Crippen molar-refractivity contribution in [1.82, 2.24) is 20.3 Å². The van der Waals surface area contributed by atoms with Crippen LogP contribution >= 0.6 is 0 Å². The summed E-state index contributed by atoms with van der Waals surface area (Å²) in [6.07, 6.45) is 3.04. The van der Waals surface area contributed by atoms with Gasteiger partial charge in [0.25, 0.3) is 5.91 Å². The van der Waals surface area contributed by atoms with Crippen LogP contribution in [0, 0.1) is 0 Å². The zero-order chi connectivity index (χ0) is 17.8. The highest BCUT2D eigenvalue weighted by molar-refractivity contribution is 5.92. The Morgan fingerprint density at radius 3 is 2.38 bits per heavy atom. The van der Waals surface area contributed by atoms with Crippen molar-refractivity contribution < 1.29 is 9.21 Å². The average molecular weight is 344 g/mol. The van der Waals surface area contributed by atoms with Gasteiger partial charge in [0.1, 0.15) is 11.8 Å². The lowest BCUT2D eigenvalue weighted by molar-refractivity contribution is 0.0933. The van der Waals surface area contributed by atoms with Gasteiger partial charge in [-0.1, -0.05) is 48.5 Å². The highest BCUT2D eigenvalue weighted by Gasteiger charge is 2.21. The number of amides is 1. The van der Waals surface area contributed by atoms with E-state index in [4.69, 9.17) is 4.42 Å². The molecule has 2 aromatic heterocycles. The van der Waals surface area contributed by atoms with Gasteiger partial charge in [-0.2, -0.15) is 9.90 Å². The van der Waals surface area contributed by atoms with Gasteiger partial charge in [0.05, 0.1) is 18.1 Å². The third-order valence-electron chi connectivity index (χ3n) is 3.95. The molecule has 26 heavy (non-hydrogen) atoms. The first-order valence-electron chi connectivity index (χ1n) is 8.18. The van der Waals surface area contributed by atoms with Gasteiger partial charge in [0, 0.05) is 0 Å². The standard InChI is InChI=1S/C20H16N4O2/c25-20(17-14-21-24(23-17)16-10-5-2-6-11-16)22-19(18-12-7-13-26-18)15-8-3-1-4-9-15/h1-14,19H,(H,22,25). The maximum atomic E-state index is 12.7. The Morgan fingerprint density at radius 1 is 0.962 bits per heavy atom. The summed E-state index contributed by atoms with van der Waals surface area (Å²) in [6, 6.07) is 22.3. The molecule has 1 unspecified atom stereocenters. The van der Waals surface area contributed by atoms with Crippen molar-refractivity contribution in [3.8, 4) is 5.69 Å². The molecule has 2 heterocycles. The van der Waals surface area contributed by atoms with Crippen molar-refractivity contribution >= 4 is 5.91 Å². The molecule has 0 spiro atoms. The number of hydrogen-bond acceptors (Lipinski definition) is 4. The summed E-state index contributed by atoms with van der Waals surface area (Å²) < 4.78 is 5.51. The van der Waals surface area contributed by atoms with Crippen LogP contribution in [0.1, 0.15) is 27.9 Å². The first-order chi connectivity index (χ1) is 12.8. The largest absolute Gasteiger partial charge is 0.467 e. The summed E-state index contributed by atoms with van der Waals surface area (Å²) in [7, 11) is 0. The first-order valence-corrected chi connectivity index (χ1v) is 8.18. The number of rotatable bonds is 5. The molecule has 4 aromatic rings. The smallest absolute Gasteiger partial charge is 0.274 e. The van der Waals surface area contributed by atoms with Crippen molar-refractivity contribution in [1.29, 1.82) is 0 Å². The van der Waals surface area contributed by atoms with E-state index in [2.05, 4.69) is 15.5 Å². The molecule has 0 aliphatic rings. The lowest BCUT2D eigenvalue weighted by Gasteiger charge is -2.16. The monoisotopic (exact) mass is 344 g/mol. The summed E-state index contributed by atoms with van der Waals surface area (Å²) in [5, 5.41) is 11.4. The average Bonchev–Trinajstić information content (AvgIpc) is 3.39. The van der Waals surface area contributed by atoms with Gasteiger partial charge >= 0.3 is 0 Å². The molecule has 1 N–H and O–H groups in total. The second-order valence-electron chi connectivity index (χ2n) is 5.69. The number of aromatic nitrogens is 3. The Labute approximate surface area is 150 Å². The van der Waals surface area contributed by atoms with E-state index in [9.17, 15) is 4.79 Å². The highest BCUT2D eigenvalue weighted by atomic mass is 16.3. The fraction of sp³-hybridized carbons (Fsp3) is 0.0500. The number of para-hydroxylation sites is 1. The van der Waals surface area contributed by atoms with Crippen molar-refractivity contribution in [2.45, 2.75) is 6.04 Å². The first kappa shape index (κ1) is 15.8. The third kappa shape index (κ3) is 3.25. The molecular weight excluding hydrogens is 328 g/mol. The highest BCUT2D eigenvalue weighted by Crippen LogP contribution is 2.22. The lowest BCUT2D eigenvalue weighted by Crippen LogP contribution is -2.29. The molecule has 4 rings (SSSR count). The van der Waals surface area contributed by atoms with Crippen molar-refractivity contribution in [3.05, 3.63) is 102 Å². The van der Waals surface area contributed by atoms with Crippen LogP contribution < -0.4 is 5.32 Å². The maximum absolute atomic E-state index is 12.7. The van der Waals surface area contributed by atoms with Crippen LogP contribution in [-0.2, 0) is 0 Å². The fourth-order valence-electron chi connectivity index (χ4n) is 2.68. The topological polar surface area (TPSA) is 73.0 Å². The zero-order valence-corrected chi connectivity index (χ0v) is 13.8. The number of furan rings is 1. The van der Waals surface area contributed by atoms with Crippen molar-refractivity contribution in [3.63, 3.8) is 0 Å². The molecule has 128 valence electrons. The maximum Gasteiger partial charge on any atom is 0.274 e. The summed E-state index contributed by atoms with van der Waals surface area (Å²) >= 11 is 0. The molecule has 0 saturated heterocycles. The zero-order valence-electron chi connectivity index (χ0n) is 13.8. The summed E-state index contributed by atoms with van der Waals surface area (Å²) in [6.45, 7) is 0. The minimum Gasteiger partial charge on any atom is -0.467 e. The third-order valence-corrected chi connectivity index (χ3v) is 3.95. The summed E-state index contributed by atoms with van der Waals surface area (Å²) in [5.41, 5.74) is 1.95. The van der Waals surface area contributed by atoms with Gasteiger partial charge in [0.2, 0.25) is 0 Å². The number of nitrogens with zero attached hydrogens (tertiary/aromatic N) is 3. The second-order valence-corrected chi connectivity index (χ2v) is 5.69. The van der Waals surface area contributed by atoms with Gasteiger partial charge in [0.15, 0.2) is 5.69 Å².